The number of nitrogens with zero attached hydrogens (tertiary/aromatic N) is 1. The highest BCUT2D eigenvalue weighted by Crippen LogP contribution is 2.09. The van der Waals surface area contributed by atoms with Gasteiger partial charge >= 0.3 is 0 Å². The topological polar surface area (TPSA) is 3.24 Å². The molecular formula is C13H18ClF2N. The van der Waals surface area contributed by atoms with Crippen LogP contribution in [0.1, 0.15) is 18.1 Å². The standard InChI is InChI=1S/C13H18ClF2N/c1-2-11-3-5-12(6-4-11)9-17(8-7-14)10-13(15)16/h3-6,13H,2,7-10H2,1H3. The monoisotopic (exact) mass is 261 g/mol. The molecule has 0 N–H and O–H groups in total. The Balaban J connectivity index is 2.58. The van der Waals surface area contributed by atoms with E-state index in [4.69, 9.17) is 11.6 Å². The van der Waals surface area contributed by atoms with E-state index in [1.165, 1.54) is 5.56 Å². The third kappa shape index (κ3) is 5.46. The van der Waals surface area contributed by atoms with Gasteiger partial charge in [0.05, 0.1) is 6.54 Å². The third-order valence-electron chi connectivity index (χ3n) is 2.63. The summed E-state index contributed by atoms with van der Waals surface area (Å²) < 4.78 is 24.7. The Morgan fingerprint density at radius 3 is 2.24 bits per heavy atom. The quantitative estimate of drug-likeness (QED) is 0.679. The molecule has 1 aromatic carbocycles. The number of hydrogen-bond acceptors (Lipinski definition) is 1. The number of halogens is 3. The zero-order chi connectivity index (χ0) is 12.7. The molecule has 17 heavy (non-hydrogen) atoms. The molecule has 0 atom stereocenters. The van der Waals surface area contributed by atoms with Crippen LogP contribution in [0.4, 0.5) is 8.78 Å². The van der Waals surface area contributed by atoms with E-state index in [1.807, 2.05) is 24.3 Å². The van der Waals surface area contributed by atoms with Crippen molar-refractivity contribution in [1.82, 2.24) is 4.90 Å². The molecule has 0 aliphatic carbocycles. The van der Waals surface area contributed by atoms with Crippen molar-refractivity contribution in [2.75, 3.05) is 19.0 Å². The van der Waals surface area contributed by atoms with Crippen LogP contribution >= 0.6 is 11.6 Å². The van der Waals surface area contributed by atoms with E-state index < -0.39 is 6.43 Å². The van der Waals surface area contributed by atoms with E-state index in [2.05, 4.69) is 6.92 Å². The molecule has 0 aliphatic rings. The lowest BCUT2D eigenvalue weighted by Gasteiger charge is -2.20. The Bertz CT molecular complexity index is 314. The molecule has 1 nitrogen and oxygen atoms in total. The average molecular weight is 262 g/mol. The van der Waals surface area contributed by atoms with Crippen LogP contribution in [0.25, 0.3) is 0 Å². The zero-order valence-corrected chi connectivity index (χ0v) is 10.8. The van der Waals surface area contributed by atoms with Gasteiger partial charge in [0.1, 0.15) is 0 Å². The third-order valence-corrected chi connectivity index (χ3v) is 2.80. The van der Waals surface area contributed by atoms with Crippen molar-refractivity contribution >= 4 is 11.6 Å². The van der Waals surface area contributed by atoms with Crippen molar-refractivity contribution in [3.8, 4) is 0 Å². The van der Waals surface area contributed by atoms with E-state index in [0.29, 0.717) is 19.0 Å². The molecule has 1 aromatic rings. The Hall–Kier alpha value is -0.670. The number of benzene rings is 1. The Kier molecular flexibility index (Phi) is 6.45. The van der Waals surface area contributed by atoms with E-state index in [-0.39, 0.29) is 6.54 Å². The number of aryl methyl sites for hydroxylation is 1. The Morgan fingerprint density at radius 2 is 1.76 bits per heavy atom. The number of rotatable bonds is 7. The number of hydrogen-bond donors (Lipinski definition) is 0. The summed E-state index contributed by atoms with van der Waals surface area (Å²) in [5.41, 5.74) is 2.31. The minimum Gasteiger partial charge on any atom is -0.292 e. The molecule has 0 heterocycles. The first-order valence-electron chi connectivity index (χ1n) is 5.80. The second-order valence-corrected chi connectivity index (χ2v) is 4.36. The summed E-state index contributed by atoms with van der Waals surface area (Å²) >= 11 is 5.61. The van der Waals surface area contributed by atoms with Crippen molar-refractivity contribution < 1.29 is 8.78 Å². The first-order chi connectivity index (χ1) is 8.15. The minimum absolute atomic E-state index is 0.220. The molecule has 0 aliphatic heterocycles. The molecule has 0 spiro atoms. The van der Waals surface area contributed by atoms with Gasteiger partial charge in [-0.3, -0.25) is 4.90 Å². The van der Waals surface area contributed by atoms with Gasteiger partial charge in [-0.25, -0.2) is 8.78 Å². The predicted octanol–water partition coefficient (Wildman–Crippen LogP) is 3.55. The lowest BCUT2D eigenvalue weighted by Crippen LogP contribution is -2.30. The maximum Gasteiger partial charge on any atom is 0.251 e. The second-order valence-electron chi connectivity index (χ2n) is 3.99. The summed E-state index contributed by atoms with van der Waals surface area (Å²) in [5.74, 6) is 0.375. The van der Waals surface area contributed by atoms with Crippen molar-refractivity contribution in [2.45, 2.75) is 26.3 Å². The summed E-state index contributed by atoms with van der Waals surface area (Å²) in [5, 5.41) is 0. The minimum atomic E-state index is -2.31. The van der Waals surface area contributed by atoms with Crippen molar-refractivity contribution in [3.63, 3.8) is 0 Å². The zero-order valence-electron chi connectivity index (χ0n) is 10.0. The smallest absolute Gasteiger partial charge is 0.251 e. The van der Waals surface area contributed by atoms with Crippen LogP contribution in [0, 0.1) is 0 Å². The molecular weight excluding hydrogens is 244 g/mol. The van der Waals surface area contributed by atoms with Gasteiger partial charge in [-0.15, -0.1) is 11.6 Å². The first kappa shape index (κ1) is 14.4. The van der Waals surface area contributed by atoms with Crippen molar-refractivity contribution in [3.05, 3.63) is 35.4 Å². The maximum atomic E-state index is 12.3. The highest BCUT2D eigenvalue weighted by Gasteiger charge is 2.11. The van der Waals surface area contributed by atoms with Gasteiger partial charge in [0.15, 0.2) is 0 Å². The average Bonchev–Trinajstić information content (AvgIpc) is 2.29. The molecule has 0 saturated heterocycles. The van der Waals surface area contributed by atoms with Gasteiger partial charge in [-0.05, 0) is 17.5 Å². The summed E-state index contributed by atoms with van der Waals surface area (Å²) in [6.45, 7) is 2.89. The lowest BCUT2D eigenvalue weighted by atomic mass is 10.1. The van der Waals surface area contributed by atoms with Gasteiger partial charge in [-0.2, -0.15) is 0 Å². The van der Waals surface area contributed by atoms with Crippen LogP contribution in [0.2, 0.25) is 0 Å². The molecule has 96 valence electrons. The van der Waals surface area contributed by atoms with Crippen LogP contribution in [0.5, 0.6) is 0 Å². The van der Waals surface area contributed by atoms with Gasteiger partial charge in [-0.1, -0.05) is 31.2 Å². The fourth-order valence-corrected chi connectivity index (χ4v) is 1.93. The maximum absolute atomic E-state index is 12.3. The SMILES string of the molecule is CCc1ccc(CN(CCCl)CC(F)F)cc1. The molecule has 0 bridgehead atoms. The molecule has 0 unspecified atom stereocenters. The molecule has 4 heteroatoms. The molecule has 0 amide bonds. The lowest BCUT2D eigenvalue weighted by molar-refractivity contribution is 0.0878. The van der Waals surface area contributed by atoms with Crippen LogP contribution < -0.4 is 0 Å². The second kappa shape index (κ2) is 7.62. The van der Waals surface area contributed by atoms with Crippen LogP contribution in [0.15, 0.2) is 24.3 Å². The molecule has 0 radical (unpaired) electrons. The molecule has 0 aromatic heterocycles. The molecule has 1 rings (SSSR count). The normalized spacial score (nSPS) is 11.4. The Morgan fingerprint density at radius 1 is 1.18 bits per heavy atom. The van der Waals surface area contributed by atoms with Gasteiger partial charge in [0.25, 0.3) is 6.43 Å². The molecule has 0 fully saturated rings. The van der Waals surface area contributed by atoms with Gasteiger partial charge in [0, 0.05) is 19.0 Å². The van der Waals surface area contributed by atoms with Crippen LogP contribution in [-0.4, -0.2) is 30.3 Å². The summed E-state index contributed by atoms with van der Waals surface area (Å²) in [6.07, 6.45) is -1.32. The number of alkyl halides is 3. The van der Waals surface area contributed by atoms with Crippen molar-refractivity contribution in [1.29, 1.82) is 0 Å². The van der Waals surface area contributed by atoms with E-state index in [9.17, 15) is 8.78 Å². The summed E-state index contributed by atoms with van der Waals surface area (Å²) in [6, 6.07) is 8.06. The highest BCUT2D eigenvalue weighted by atomic mass is 35.5. The largest absolute Gasteiger partial charge is 0.292 e. The summed E-state index contributed by atoms with van der Waals surface area (Å²) in [4.78, 5) is 1.68. The van der Waals surface area contributed by atoms with E-state index in [1.54, 1.807) is 4.90 Å². The van der Waals surface area contributed by atoms with Crippen molar-refractivity contribution in [2.24, 2.45) is 0 Å². The summed E-state index contributed by atoms with van der Waals surface area (Å²) in [7, 11) is 0. The van der Waals surface area contributed by atoms with Crippen LogP contribution in [0.3, 0.4) is 0 Å². The predicted molar refractivity (Wildman–Crippen MR) is 67.8 cm³/mol. The fraction of sp³-hybridized carbons (Fsp3) is 0.538. The van der Waals surface area contributed by atoms with Gasteiger partial charge < -0.3 is 0 Å². The first-order valence-corrected chi connectivity index (χ1v) is 6.33. The Labute approximate surface area is 106 Å². The van der Waals surface area contributed by atoms with E-state index in [0.717, 1.165) is 12.0 Å². The molecule has 0 saturated carbocycles. The highest BCUT2D eigenvalue weighted by molar-refractivity contribution is 6.18. The van der Waals surface area contributed by atoms with Crippen LogP contribution in [-0.2, 0) is 13.0 Å². The van der Waals surface area contributed by atoms with E-state index >= 15 is 0 Å². The fourth-order valence-electron chi connectivity index (χ4n) is 1.69. The van der Waals surface area contributed by atoms with Gasteiger partial charge in [0.2, 0.25) is 0 Å².